The van der Waals surface area contributed by atoms with Crippen LogP contribution in [0.25, 0.3) is 0 Å². The van der Waals surface area contributed by atoms with Crippen molar-refractivity contribution in [2.75, 3.05) is 27.4 Å². The van der Waals surface area contributed by atoms with Gasteiger partial charge in [0, 0.05) is 12.2 Å². The lowest BCUT2D eigenvalue weighted by Crippen LogP contribution is -2.36. The van der Waals surface area contributed by atoms with Crippen molar-refractivity contribution < 1.29 is 39.4 Å². The third-order valence-electron chi connectivity index (χ3n) is 4.59. The molecule has 1 aliphatic rings. The van der Waals surface area contributed by atoms with Crippen LogP contribution in [0.2, 0.25) is 0 Å². The predicted octanol–water partition coefficient (Wildman–Crippen LogP) is 1.91. The van der Waals surface area contributed by atoms with Crippen LogP contribution < -0.4 is 18.9 Å². The molecule has 0 aromatic heterocycles. The first kappa shape index (κ1) is 19.9. The van der Waals surface area contributed by atoms with Gasteiger partial charge >= 0.3 is 0 Å². The second kappa shape index (κ2) is 8.45. The van der Waals surface area contributed by atoms with Crippen molar-refractivity contribution in [1.82, 2.24) is 0 Å². The van der Waals surface area contributed by atoms with Crippen LogP contribution in [0.5, 0.6) is 34.5 Å². The van der Waals surface area contributed by atoms with Crippen molar-refractivity contribution in [3.8, 4) is 34.5 Å². The van der Waals surface area contributed by atoms with Crippen LogP contribution in [0.15, 0.2) is 24.3 Å². The Balaban J connectivity index is 2.02. The number of methoxy groups -OCH3 is 2. The zero-order valence-electron chi connectivity index (χ0n) is 15.7. The maximum absolute atomic E-state index is 9.99. The molecule has 8 nitrogen and oxygen atoms in total. The summed E-state index contributed by atoms with van der Waals surface area (Å²) in [5, 5.41) is 38.7. The summed E-state index contributed by atoms with van der Waals surface area (Å²) in [6.07, 6.45) is -0.297. The number of aliphatic hydroxyl groups is 2. The largest absolute Gasteiger partial charge is 0.504 e. The fraction of sp³-hybridized carbons (Fsp3) is 0.400. The van der Waals surface area contributed by atoms with E-state index >= 15 is 0 Å². The minimum Gasteiger partial charge on any atom is -0.504 e. The first-order valence-electron chi connectivity index (χ1n) is 8.88. The van der Waals surface area contributed by atoms with Gasteiger partial charge in [0.15, 0.2) is 35.2 Å². The quantitative estimate of drug-likeness (QED) is 0.528. The first-order valence-corrected chi connectivity index (χ1v) is 8.88. The Morgan fingerprint density at radius 2 is 1.71 bits per heavy atom. The molecule has 1 heterocycles. The summed E-state index contributed by atoms with van der Waals surface area (Å²) in [5.74, 6) is 0.601. The number of hydrogen-bond acceptors (Lipinski definition) is 8. The lowest BCUT2D eigenvalue weighted by molar-refractivity contribution is -0.0143. The fourth-order valence-electron chi connectivity index (χ4n) is 3.19. The second-order valence-corrected chi connectivity index (χ2v) is 6.42. The number of rotatable bonds is 7. The summed E-state index contributed by atoms with van der Waals surface area (Å²) in [4.78, 5) is 0. The van der Waals surface area contributed by atoms with E-state index in [-0.39, 0.29) is 30.5 Å². The van der Waals surface area contributed by atoms with Gasteiger partial charge in [0.25, 0.3) is 0 Å². The highest BCUT2D eigenvalue weighted by atomic mass is 16.6. The molecule has 0 bridgehead atoms. The zero-order chi connectivity index (χ0) is 20.3. The van der Waals surface area contributed by atoms with E-state index in [0.29, 0.717) is 35.7 Å². The molecule has 2 aromatic rings. The van der Waals surface area contributed by atoms with E-state index in [1.54, 1.807) is 6.07 Å². The molecule has 0 aliphatic carbocycles. The molecule has 0 spiro atoms. The number of ether oxygens (including phenoxy) is 4. The van der Waals surface area contributed by atoms with E-state index in [4.69, 9.17) is 24.1 Å². The highest BCUT2D eigenvalue weighted by molar-refractivity contribution is 5.57. The zero-order valence-corrected chi connectivity index (χ0v) is 15.7. The summed E-state index contributed by atoms with van der Waals surface area (Å²) in [5.41, 5.74) is 1.37. The maximum Gasteiger partial charge on any atom is 0.204 e. The number of hydrogen-bond donors (Lipinski definition) is 4. The van der Waals surface area contributed by atoms with Crippen LogP contribution in [0.1, 0.15) is 23.7 Å². The Hall–Kier alpha value is -2.84. The van der Waals surface area contributed by atoms with E-state index in [0.717, 1.165) is 5.56 Å². The maximum atomic E-state index is 9.99. The van der Waals surface area contributed by atoms with Gasteiger partial charge in [-0.05, 0) is 42.7 Å². The smallest absolute Gasteiger partial charge is 0.204 e. The highest BCUT2D eigenvalue weighted by Gasteiger charge is 2.35. The van der Waals surface area contributed by atoms with Crippen molar-refractivity contribution >= 4 is 0 Å². The van der Waals surface area contributed by atoms with Crippen molar-refractivity contribution in [3.05, 3.63) is 35.4 Å². The van der Waals surface area contributed by atoms with Crippen LogP contribution >= 0.6 is 0 Å². The monoisotopic (exact) mass is 392 g/mol. The van der Waals surface area contributed by atoms with Gasteiger partial charge < -0.3 is 39.4 Å². The summed E-state index contributed by atoms with van der Waals surface area (Å²) < 4.78 is 22.5. The minimum absolute atomic E-state index is 0.0680. The molecule has 2 aromatic carbocycles. The van der Waals surface area contributed by atoms with E-state index in [9.17, 15) is 15.3 Å². The molecule has 28 heavy (non-hydrogen) atoms. The van der Waals surface area contributed by atoms with E-state index in [2.05, 4.69) is 0 Å². The van der Waals surface area contributed by atoms with E-state index in [1.165, 1.54) is 26.4 Å². The molecule has 0 fully saturated rings. The molecule has 0 saturated carbocycles. The molecule has 0 saturated heterocycles. The SMILES string of the molecule is COc1cc([C@@H]2Oc3cc(CCCO)cc(OC)c3O[C@H]2CO)cc(O)c1O. The minimum atomic E-state index is -0.765. The highest BCUT2D eigenvalue weighted by Crippen LogP contribution is 2.48. The summed E-state index contributed by atoms with van der Waals surface area (Å²) in [7, 11) is 2.88. The third-order valence-corrected chi connectivity index (χ3v) is 4.59. The normalized spacial score (nSPS) is 18.0. The molecular weight excluding hydrogens is 368 g/mol. The molecule has 0 unspecified atom stereocenters. The van der Waals surface area contributed by atoms with Gasteiger partial charge in [0.2, 0.25) is 11.5 Å². The number of aliphatic hydroxyl groups excluding tert-OH is 2. The number of aryl methyl sites for hydroxylation is 1. The van der Waals surface area contributed by atoms with Crippen LogP contribution in [-0.4, -0.2) is 54.0 Å². The van der Waals surface area contributed by atoms with Crippen LogP contribution in [0.4, 0.5) is 0 Å². The number of fused-ring (bicyclic) bond motifs is 1. The molecule has 152 valence electrons. The molecule has 4 N–H and O–H groups in total. The van der Waals surface area contributed by atoms with Crippen molar-refractivity contribution in [1.29, 1.82) is 0 Å². The molecular formula is C20H24O8. The second-order valence-electron chi connectivity index (χ2n) is 6.42. The number of benzene rings is 2. The number of phenolic OH excluding ortho intramolecular Hbond substituents is 2. The molecule has 8 heteroatoms. The summed E-state index contributed by atoms with van der Waals surface area (Å²) in [6.45, 7) is -0.276. The number of aromatic hydroxyl groups is 2. The van der Waals surface area contributed by atoms with Crippen LogP contribution in [-0.2, 0) is 6.42 Å². The average Bonchev–Trinajstić information content (AvgIpc) is 2.72. The molecule has 2 atom stereocenters. The van der Waals surface area contributed by atoms with Gasteiger partial charge in [-0.15, -0.1) is 0 Å². The van der Waals surface area contributed by atoms with Gasteiger partial charge in [-0.3, -0.25) is 0 Å². The van der Waals surface area contributed by atoms with Crippen molar-refractivity contribution in [3.63, 3.8) is 0 Å². The molecule has 0 radical (unpaired) electrons. The molecule has 0 amide bonds. The summed E-state index contributed by atoms with van der Waals surface area (Å²) in [6, 6.07) is 6.46. The fourth-order valence-corrected chi connectivity index (χ4v) is 3.19. The Labute approximate surface area is 162 Å². The van der Waals surface area contributed by atoms with Crippen LogP contribution in [0, 0.1) is 0 Å². The van der Waals surface area contributed by atoms with Gasteiger partial charge in [0.05, 0.1) is 20.8 Å². The summed E-state index contributed by atoms with van der Waals surface area (Å²) >= 11 is 0. The molecule has 1 aliphatic heterocycles. The average molecular weight is 392 g/mol. The standard InChI is InChI=1S/C20H24O8/c1-25-14-9-12(8-13(23)18(14)24)19-17(10-22)28-20-15(26-2)6-11(4-3-5-21)7-16(20)27-19/h6-9,17,19,21-24H,3-5,10H2,1-2H3/t17-,19-/m0/s1. The van der Waals surface area contributed by atoms with Crippen molar-refractivity contribution in [2.24, 2.45) is 0 Å². The topological polar surface area (TPSA) is 118 Å². The number of phenols is 2. The lowest BCUT2D eigenvalue weighted by atomic mass is 10.0. The lowest BCUT2D eigenvalue weighted by Gasteiger charge is -2.34. The van der Waals surface area contributed by atoms with Crippen molar-refractivity contribution in [2.45, 2.75) is 25.0 Å². The predicted molar refractivity (Wildman–Crippen MR) is 99.6 cm³/mol. The van der Waals surface area contributed by atoms with Crippen LogP contribution in [0.3, 0.4) is 0 Å². The van der Waals surface area contributed by atoms with Gasteiger partial charge in [-0.2, -0.15) is 0 Å². The Morgan fingerprint density at radius 3 is 2.36 bits per heavy atom. The van der Waals surface area contributed by atoms with E-state index in [1.807, 2.05) is 6.07 Å². The first-order chi connectivity index (χ1) is 13.5. The van der Waals surface area contributed by atoms with Gasteiger partial charge in [0.1, 0.15) is 0 Å². The Kier molecular flexibility index (Phi) is 6.01. The van der Waals surface area contributed by atoms with Gasteiger partial charge in [-0.1, -0.05) is 0 Å². The molecule has 3 rings (SSSR count). The third kappa shape index (κ3) is 3.74. The van der Waals surface area contributed by atoms with Gasteiger partial charge in [-0.25, -0.2) is 0 Å². The Bertz CT molecular complexity index is 835. The van der Waals surface area contributed by atoms with E-state index < -0.39 is 12.2 Å². The Morgan fingerprint density at radius 1 is 0.964 bits per heavy atom.